The lowest BCUT2D eigenvalue weighted by molar-refractivity contribution is -0.127. The van der Waals surface area contributed by atoms with Gasteiger partial charge in [-0.1, -0.05) is 0 Å². The number of likely N-dealkylation sites (tertiary alicyclic amines) is 1. The van der Waals surface area contributed by atoms with Gasteiger partial charge in [-0.05, 0) is 26.2 Å². The third-order valence-corrected chi connectivity index (χ3v) is 4.23. The maximum atomic E-state index is 11.6. The van der Waals surface area contributed by atoms with Crippen molar-refractivity contribution in [3.8, 4) is 0 Å². The van der Waals surface area contributed by atoms with Crippen LogP contribution in [0.1, 0.15) is 26.2 Å². The van der Waals surface area contributed by atoms with Gasteiger partial charge >= 0.3 is 0 Å². The highest BCUT2D eigenvalue weighted by atomic mass is 32.2. The van der Waals surface area contributed by atoms with Crippen LogP contribution in [0.3, 0.4) is 0 Å². The van der Waals surface area contributed by atoms with E-state index < -0.39 is 9.84 Å². The lowest BCUT2D eigenvalue weighted by atomic mass is 10.3. The Balaban J connectivity index is 2.42. The Bertz CT molecular complexity index is 332. The monoisotopic (exact) mass is 248 g/mol. The van der Waals surface area contributed by atoms with Crippen LogP contribution in [0.25, 0.3) is 0 Å². The van der Waals surface area contributed by atoms with Crippen molar-refractivity contribution in [2.24, 2.45) is 5.73 Å². The molecular weight excluding hydrogens is 228 g/mol. The first-order valence-corrected chi connectivity index (χ1v) is 7.46. The molecule has 1 rings (SSSR count). The van der Waals surface area contributed by atoms with Gasteiger partial charge in [0.2, 0.25) is 5.91 Å². The molecule has 1 aliphatic rings. The molecule has 1 saturated heterocycles. The molecule has 5 nitrogen and oxygen atoms in total. The Morgan fingerprint density at radius 2 is 1.94 bits per heavy atom. The van der Waals surface area contributed by atoms with Crippen molar-refractivity contribution in [3.05, 3.63) is 0 Å². The van der Waals surface area contributed by atoms with Crippen LogP contribution in [0.15, 0.2) is 0 Å². The number of hydrogen-bond acceptors (Lipinski definition) is 4. The highest BCUT2D eigenvalue weighted by Crippen LogP contribution is 2.09. The van der Waals surface area contributed by atoms with Crippen LogP contribution in [0, 0.1) is 0 Å². The molecule has 0 aromatic heterocycles. The average molecular weight is 248 g/mol. The third kappa shape index (κ3) is 4.49. The molecule has 0 bridgehead atoms. The Morgan fingerprint density at radius 3 is 2.44 bits per heavy atom. The first kappa shape index (κ1) is 13.4. The minimum atomic E-state index is -3.28. The normalized spacial score (nSPS) is 18.8. The zero-order valence-corrected chi connectivity index (χ0v) is 10.5. The topological polar surface area (TPSA) is 80.5 Å². The molecule has 2 N–H and O–H groups in total. The van der Waals surface area contributed by atoms with Crippen LogP contribution in [-0.2, 0) is 14.6 Å². The summed E-state index contributed by atoms with van der Waals surface area (Å²) in [7, 11) is -3.28. The van der Waals surface area contributed by atoms with Crippen molar-refractivity contribution >= 4 is 15.7 Å². The number of amides is 1. The molecule has 94 valence electrons. The van der Waals surface area contributed by atoms with Gasteiger partial charge < -0.3 is 10.6 Å². The zero-order chi connectivity index (χ0) is 12.2. The van der Waals surface area contributed by atoms with E-state index in [4.69, 9.17) is 5.73 Å². The largest absolute Gasteiger partial charge is 0.342 e. The molecule has 1 unspecified atom stereocenters. The molecule has 0 radical (unpaired) electrons. The predicted molar refractivity (Wildman–Crippen MR) is 62.7 cm³/mol. The molecular formula is C10H20N2O3S. The van der Waals surface area contributed by atoms with Gasteiger partial charge in [-0.2, -0.15) is 0 Å². The molecule has 0 aliphatic carbocycles. The standard InChI is InChI=1S/C10H20N2O3S/c1-9(11)4-7-16(14,15)8-10(13)12-5-2-3-6-12/h9H,2-8,11H2,1H3. The fourth-order valence-corrected chi connectivity index (χ4v) is 3.12. The lowest BCUT2D eigenvalue weighted by Crippen LogP contribution is -2.34. The number of hydrogen-bond donors (Lipinski definition) is 1. The van der Waals surface area contributed by atoms with Crippen molar-refractivity contribution in [1.82, 2.24) is 4.90 Å². The zero-order valence-electron chi connectivity index (χ0n) is 9.68. The second-order valence-electron chi connectivity index (χ2n) is 4.45. The van der Waals surface area contributed by atoms with Crippen molar-refractivity contribution in [2.75, 3.05) is 24.6 Å². The fourth-order valence-electron chi connectivity index (χ4n) is 1.68. The fraction of sp³-hybridized carbons (Fsp3) is 0.900. The van der Waals surface area contributed by atoms with Gasteiger partial charge in [-0.25, -0.2) is 8.42 Å². The smallest absolute Gasteiger partial charge is 0.237 e. The summed E-state index contributed by atoms with van der Waals surface area (Å²) < 4.78 is 23.2. The first-order valence-electron chi connectivity index (χ1n) is 5.64. The number of rotatable bonds is 5. The van der Waals surface area contributed by atoms with Gasteiger partial charge in [-0.3, -0.25) is 4.79 Å². The quantitative estimate of drug-likeness (QED) is 0.728. The number of nitrogens with zero attached hydrogens (tertiary/aromatic N) is 1. The Morgan fingerprint density at radius 1 is 1.38 bits per heavy atom. The van der Waals surface area contributed by atoms with Crippen molar-refractivity contribution in [2.45, 2.75) is 32.2 Å². The molecule has 6 heteroatoms. The van der Waals surface area contributed by atoms with Crippen molar-refractivity contribution in [1.29, 1.82) is 0 Å². The summed E-state index contributed by atoms with van der Waals surface area (Å²) in [6, 6.07) is -0.142. The van der Waals surface area contributed by atoms with E-state index in [0.29, 0.717) is 19.5 Å². The van der Waals surface area contributed by atoms with E-state index in [1.807, 2.05) is 0 Å². The van der Waals surface area contributed by atoms with E-state index in [0.717, 1.165) is 12.8 Å². The molecule has 1 fully saturated rings. The SMILES string of the molecule is CC(N)CCS(=O)(=O)CC(=O)N1CCCC1. The van der Waals surface area contributed by atoms with Gasteiger partial charge in [0.15, 0.2) is 9.84 Å². The summed E-state index contributed by atoms with van der Waals surface area (Å²) in [6.07, 6.45) is 2.37. The van der Waals surface area contributed by atoms with Crippen LogP contribution >= 0.6 is 0 Å². The van der Waals surface area contributed by atoms with Crippen LogP contribution < -0.4 is 5.73 Å². The summed E-state index contributed by atoms with van der Waals surface area (Å²) in [6.45, 7) is 3.15. The van der Waals surface area contributed by atoms with Gasteiger partial charge in [0, 0.05) is 19.1 Å². The van der Waals surface area contributed by atoms with Crippen molar-refractivity contribution < 1.29 is 13.2 Å². The maximum Gasteiger partial charge on any atom is 0.237 e. The van der Waals surface area contributed by atoms with Gasteiger partial charge in [0.1, 0.15) is 5.75 Å². The number of nitrogens with two attached hydrogens (primary N) is 1. The van der Waals surface area contributed by atoms with E-state index >= 15 is 0 Å². The first-order chi connectivity index (χ1) is 7.41. The van der Waals surface area contributed by atoms with E-state index in [9.17, 15) is 13.2 Å². The predicted octanol–water partition coefficient (Wildman–Crippen LogP) is -0.239. The summed E-state index contributed by atoms with van der Waals surface area (Å²) in [5, 5.41) is 0. The summed E-state index contributed by atoms with van der Waals surface area (Å²) in [4.78, 5) is 13.2. The Kier molecular flexibility index (Phi) is 4.73. The molecule has 16 heavy (non-hydrogen) atoms. The number of sulfone groups is 1. The Labute approximate surface area is 96.9 Å². The van der Waals surface area contributed by atoms with Crippen molar-refractivity contribution in [3.63, 3.8) is 0 Å². The molecule has 1 heterocycles. The maximum absolute atomic E-state index is 11.6. The van der Waals surface area contributed by atoms with E-state index in [1.165, 1.54) is 0 Å². The molecule has 0 aromatic rings. The number of carbonyl (C=O) groups excluding carboxylic acids is 1. The average Bonchev–Trinajstić information content (AvgIpc) is 2.67. The van der Waals surface area contributed by atoms with E-state index in [-0.39, 0.29) is 23.5 Å². The molecule has 1 amide bonds. The highest BCUT2D eigenvalue weighted by Gasteiger charge is 2.23. The number of carbonyl (C=O) groups is 1. The molecule has 1 aliphatic heterocycles. The Hall–Kier alpha value is -0.620. The second kappa shape index (κ2) is 5.63. The minimum Gasteiger partial charge on any atom is -0.342 e. The second-order valence-corrected chi connectivity index (χ2v) is 6.63. The molecule has 1 atom stereocenters. The minimum absolute atomic E-state index is 0.00421. The summed E-state index contributed by atoms with van der Waals surface area (Å²) >= 11 is 0. The summed E-state index contributed by atoms with van der Waals surface area (Å²) in [5.41, 5.74) is 5.49. The van der Waals surface area contributed by atoms with Crippen LogP contribution in [-0.4, -0.2) is 49.9 Å². The van der Waals surface area contributed by atoms with Crippen LogP contribution in [0.4, 0.5) is 0 Å². The van der Waals surface area contributed by atoms with Gasteiger partial charge in [0.05, 0.1) is 5.75 Å². The van der Waals surface area contributed by atoms with E-state index in [1.54, 1.807) is 11.8 Å². The van der Waals surface area contributed by atoms with Gasteiger partial charge in [0.25, 0.3) is 0 Å². The lowest BCUT2D eigenvalue weighted by Gasteiger charge is -2.15. The van der Waals surface area contributed by atoms with E-state index in [2.05, 4.69) is 0 Å². The molecule has 0 aromatic carbocycles. The van der Waals surface area contributed by atoms with Gasteiger partial charge in [-0.15, -0.1) is 0 Å². The van der Waals surface area contributed by atoms with Crippen LogP contribution in [0.5, 0.6) is 0 Å². The third-order valence-electron chi connectivity index (χ3n) is 2.69. The summed E-state index contributed by atoms with van der Waals surface area (Å²) in [5.74, 6) is -0.619. The molecule has 0 saturated carbocycles. The van der Waals surface area contributed by atoms with Crippen LogP contribution in [0.2, 0.25) is 0 Å². The highest BCUT2D eigenvalue weighted by molar-refractivity contribution is 7.92. The molecule has 0 spiro atoms.